The molecule has 0 aliphatic rings. The molecule has 158 valence electrons. The van der Waals surface area contributed by atoms with Gasteiger partial charge in [-0.1, -0.05) is 17.3 Å². The van der Waals surface area contributed by atoms with Crippen molar-refractivity contribution in [3.05, 3.63) is 70.8 Å². The lowest BCUT2D eigenvalue weighted by atomic mass is 10.1. The third kappa shape index (κ3) is 4.46. The molecule has 9 heteroatoms. The Balaban J connectivity index is 1.44. The lowest BCUT2D eigenvalue weighted by molar-refractivity contribution is 0.0259. The van der Waals surface area contributed by atoms with Gasteiger partial charge in [0.05, 0.1) is 7.11 Å². The van der Waals surface area contributed by atoms with Crippen LogP contribution in [0.4, 0.5) is 4.39 Å². The Labute approximate surface area is 181 Å². The molecule has 1 atom stereocenters. The highest BCUT2D eigenvalue weighted by Gasteiger charge is 2.22. The van der Waals surface area contributed by atoms with Gasteiger partial charge in [0, 0.05) is 16.5 Å². The van der Waals surface area contributed by atoms with Gasteiger partial charge in [0.25, 0.3) is 5.89 Å². The van der Waals surface area contributed by atoms with E-state index in [1.54, 1.807) is 38.5 Å². The first-order chi connectivity index (χ1) is 14.9. The molecule has 2 heterocycles. The van der Waals surface area contributed by atoms with Crippen molar-refractivity contribution < 1.29 is 23.2 Å². The molecule has 0 aliphatic heterocycles. The summed E-state index contributed by atoms with van der Waals surface area (Å²) in [5.74, 6) is 0.0902. The van der Waals surface area contributed by atoms with Crippen molar-refractivity contribution >= 4 is 17.3 Å². The highest BCUT2D eigenvalue weighted by Crippen LogP contribution is 2.27. The quantitative estimate of drug-likeness (QED) is 0.380. The van der Waals surface area contributed by atoms with Gasteiger partial charge in [0.15, 0.2) is 11.8 Å². The van der Waals surface area contributed by atoms with Gasteiger partial charge in [-0.2, -0.15) is 4.98 Å². The summed E-state index contributed by atoms with van der Waals surface area (Å²) in [4.78, 5) is 21.1. The van der Waals surface area contributed by atoms with E-state index in [1.165, 1.54) is 17.4 Å². The Bertz CT molecular complexity index is 1220. The SMILES string of the molecule is COc1ccc(-c2nc(C(=O)OC(C)c3nc(-c4ccc(C)c(F)c4)no3)cs2)cc1. The Kier molecular flexibility index (Phi) is 5.77. The number of methoxy groups -OCH3 is 1. The van der Waals surface area contributed by atoms with E-state index in [1.807, 2.05) is 24.3 Å². The first-order valence-corrected chi connectivity index (χ1v) is 10.2. The third-order valence-electron chi connectivity index (χ3n) is 4.55. The Morgan fingerprint density at radius 2 is 1.87 bits per heavy atom. The predicted octanol–water partition coefficient (Wildman–Crippen LogP) is 5.23. The zero-order valence-corrected chi connectivity index (χ0v) is 17.8. The van der Waals surface area contributed by atoms with Gasteiger partial charge < -0.3 is 14.0 Å². The number of aryl methyl sites for hydroxylation is 1. The van der Waals surface area contributed by atoms with Crippen LogP contribution in [-0.2, 0) is 4.74 Å². The fourth-order valence-corrected chi connectivity index (χ4v) is 3.55. The van der Waals surface area contributed by atoms with E-state index in [0.717, 1.165) is 11.3 Å². The highest BCUT2D eigenvalue weighted by atomic mass is 32.1. The number of thiazole rings is 1. The fraction of sp³-hybridized carbons (Fsp3) is 0.182. The van der Waals surface area contributed by atoms with Crippen LogP contribution in [0.1, 0.15) is 35.0 Å². The fourth-order valence-electron chi connectivity index (χ4n) is 2.75. The molecule has 1 unspecified atom stereocenters. The van der Waals surface area contributed by atoms with Crippen LogP contribution in [0, 0.1) is 12.7 Å². The number of esters is 1. The van der Waals surface area contributed by atoms with E-state index in [2.05, 4.69) is 15.1 Å². The molecule has 0 saturated heterocycles. The largest absolute Gasteiger partial charge is 0.497 e. The van der Waals surface area contributed by atoms with Gasteiger partial charge in [-0.25, -0.2) is 14.2 Å². The summed E-state index contributed by atoms with van der Waals surface area (Å²) in [6, 6.07) is 12.0. The van der Waals surface area contributed by atoms with Crippen LogP contribution in [0.5, 0.6) is 5.75 Å². The van der Waals surface area contributed by atoms with Gasteiger partial charge >= 0.3 is 5.97 Å². The maximum absolute atomic E-state index is 13.8. The summed E-state index contributed by atoms with van der Waals surface area (Å²) in [7, 11) is 1.60. The van der Waals surface area contributed by atoms with Crippen molar-refractivity contribution in [1.82, 2.24) is 15.1 Å². The summed E-state index contributed by atoms with van der Waals surface area (Å²) in [6.45, 7) is 3.28. The van der Waals surface area contributed by atoms with E-state index in [4.69, 9.17) is 14.0 Å². The van der Waals surface area contributed by atoms with Crippen LogP contribution in [-0.4, -0.2) is 28.2 Å². The maximum atomic E-state index is 13.8. The van der Waals surface area contributed by atoms with Gasteiger partial charge in [0.1, 0.15) is 16.6 Å². The zero-order valence-electron chi connectivity index (χ0n) is 17.0. The van der Waals surface area contributed by atoms with E-state index < -0.39 is 12.1 Å². The minimum atomic E-state index is -0.796. The van der Waals surface area contributed by atoms with Crippen molar-refractivity contribution in [2.24, 2.45) is 0 Å². The van der Waals surface area contributed by atoms with Gasteiger partial charge in [-0.15, -0.1) is 11.3 Å². The number of carbonyl (C=O) groups excluding carboxylic acids is 1. The number of hydrogen-bond donors (Lipinski definition) is 0. The molecule has 0 spiro atoms. The monoisotopic (exact) mass is 439 g/mol. The van der Waals surface area contributed by atoms with Gasteiger partial charge in [-0.3, -0.25) is 0 Å². The van der Waals surface area contributed by atoms with Crippen molar-refractivity contribution in [1.29, 1.82) is 0 Å². The molecule has 2 aromatic carbocycles. The predicted molar refractivity (Wildman–Crippen MR) is 112 cm³/mol. The van der Waals surface area contributed by atoms with E-state index in [9.17, 15) is 9.18 Å². The maximum Gasteiger partial charge on any atom is 0.358 e. The highest BCUT2D eigenvalue weighted by molar-refractivity contribution is 7.13. The molecule has 4 rings (SSSR count). The van der Waals surface area contributed by atoms with Crippen molar-refractivity contribution in [2.45, 2.75) is 20.0 Å². The van der Waals surface area contributed by atoms with E-state index in [0.29, 0.717) is 16.1 Å². The average Bonchev–Trinajstić information content (AvgIpc) is 3.46. The topological polar surface area (TPSA) is 87.3 Å². The number of aromatic nitrogens is 3. The van der Waals surface area contributed by atoms with Crippen molar-refractivity contribution in [3.8, 4) is 27.7 Å². The number of carbonyl (C=O) groups is 1. The van der Waals surface area contributed by atoms with Gasteiger partial charge in [0.2, 0.25) is 5.82 Å². The van der Waals surface area contributed by atoms with Crippen LogP contribution in [0.2, 0.25) is 0 Å². The number of ether oxygens (including phenoxy) is 2. The molecular weight excluding hydrogens is 421 g/mol. The summed E-state index contributed by atoms with van der Waals surface area (Å²) in [5, 5.41) is 6.16. The van der Waals surface area contributed by atoms with E-state index >= 15 is 0 Å². The van der Waals surface area contributed by atoms with Crippen LogP contribution in [0.15, 0.2) is 52.4 Å². The first-order valence-electron chi connectivity index (χ1n) is 9.35. The smallest absolute Gasteiger partial charge is 0.358 e. The molecule has 2 aromatic heterocycles. The average molecular weight is 439 g/mol. The first kappa shape index (κ1) is 20.7. The second-order valence-corrected chi connectivity index (χ2v) is 7.59. The molecular formula is C22H18FN3O4S. The Morgan fingerprint density at radius 3 is 2.58 bits per heavy atom. The molecule has 0 radical (unpaired) electrons. The molecule has 7 nitrogen and oxygen atoms in total. The van der Waals surface area contributed by atoms with Crippen LogP contribution >= 0.6 is 11.3 Å². The number of nitrogens with zero attached hydrogens (tertiary/aromatic N) is 3. The molecule has 31 heavy (non-hydrogen) atoms. The molecule has 0 saturated carbocycles. The second kappa shape index (κ2) is 8.65. The Morgan fingerprint density at radius 1 is 1.13 bits per heavy atom. The number of rotatable bonds is 6. The molecule has 0 fully saturated rings. The lowest BCUT2D eigenvalue weighted by Crippen LogP contribution is -2.10. The molecule has 0 N–H and O–H groups in total. The van der Waals surface area contributed by atoms with Crippen LogP contribution in [0.3, 0.4) is 0 Å². The standard InChI is InChI=1S/C22H18FN3O4S/c1-12-4-5-15(10-17(12)23)19-25-20(30-26-19)13(2)29-22(27)18-11-31-21(24-18)14-6-8-16(28-3)9-7-14/h4-11,13H,1-3H3. The molecule has 0 bridgehead atoms. The van der Waals surface area contributed by atoms with Crippen LogP contribution < -0.4 is 4.74 Å². The zero-order chi connectivity index (χ0) is 22.0. The molecule has 4 aromatic rings. The summed E-state index contributed by atoms with van der Waals surface area (Å²) >= 11 is 1.33. The summed E-state index contributed by atoms with van der Waals surface area (Å²) in [6.07, 6.45) is -0.796. The van der Waals surface area contributed by atoms with Gasteiger partial charge in [-0.05, 0) is 49.7 Å². The van der Waals surface area contributed by atoms with E-state index in [-0.39, 0.29) is 23.2 Å². The minimum absolute atomic E-state index is 0.106. The summed E-state index contributed by atoms with van der Waals surface area (Å²) in [5.41, 5.74) is 2.04. The van der Waals surface area contributed by atoms with Crippen molar-refractivity contribution in [3.63, 3.8) is 0 Å². The molecule has 0 amide bonds. The number of hydrogen-bond acceptors (Lipinski definition) is 8. The molecule has 0 aliphatic carbocycles. The normalized spacial score (nSPS) is 11.9. The van der Waals surface area contributed by atoms with Crippen molar-refractivity contribution in [2.75, 3.05) is 7.11 Å². The lowest BCUT2D eigenvalue weighted by Gasteiger charge is -2.07. The summed E-state index contributed by atoms with van der Waals surface area (Å²) < 4.78 is 29.5. The Hall–Kier alpha value is -3.59. The second-order valence-electron chi connectivity index (χ2n) is 6.73. The third-order valence-corrected chi connectivity index (χ3v) is 5.45. The minimum Gasteiger partial charge on any atom is -0.497 e. The van der Waals surface area contributed by atoms with Crippen LogP contribution in [0.25, 0.3) is 22.0 Å². The number of benzene rings is 2. The number of halogens is 1.